The Morgan fingerprint density at radius 1 is 0.806 bits per heavy atom. The molecule has 160 valence electrons. The van der Waals surface area contributed by atoms with Gasteiger partial charge in [0.2, 0.25) is 11.8 Å². The molecule has 2 N–H and O–H groups in total. The van der Waals surface area contributed by atoms with Crippen LogP contribution in [0.4, 0.5) is 5.69 Å². The summed E-state index contributed by atoms with van der Waals surface area (Å²) in [6, 6.07) is 24.0. The number of carbonyl (C=O) groups is 2. The molecule has 0 aliphatic heterocycles. The van der Waals surface area contributed by atoms with E-state index in [1.54, 1.807) is 12.1 Å². The Labute approximate surface area is 182 Å². The van der Waals surface area contributed by atoms with Crippen molar-refractivity contribution in [2.24, 2.45) is 0 Å². The summed E-state index contributed by atoms with van der Waals surface area (Å²) in [4.78, 5) is 24.3. The molecular formula is C25H26N2O4. The molecule has 0 saturated heterocycles. The molecule has 0 unspecified atom stereocenters. The van der Waals surface area contributed by atoms with Gasteiger partial charge in [0, 0.05) is 13.0 Å². The second kappa shape index (κ2) is 11.4. The van der Waals surface area contributed by atoms with Gasteiger partial charge in [-0.25, -0.2) is 0 Å². The fourth-order valence-corrected chi connectivity index (χ4v) is 2.93. The molecule has 0 aliphatic rings. The Balaban J connectivity index is 1.49. The van der Waals surface area contributed by atoms with E-state index in [1.807, 2.05) is 73.7 Å². The molecule has 0 heterocycles. The molecule has 0 atom stereocenters. The molecule has 3 rings (SSSR count). The van der Waals surface area contributed by atoms with Crippen LogP contribution >= 0.6 is 0 Å². The average Bonchev–Trinajstić information content (AvgIpc) is 2.77. The second-order valence-electron chi connectivity index (χ2n) is 6.81. The first-order chi connectivity index (χ1) is 15.1. The summed E-state index contributed by atoms with van der Waals surface area (Å²) in [6.45, 7) is 2.79. The van der Waals surface area contributed by atoms with Crippen LogP contribution in [-0.4, -0.2) is 25.0 Å². The molecular weight excluding hydrogens is 392 g/mol. The topological polar surface area (TPSA) is 76.7 Å². The lowest BCUT2D eigenvalue weighted by Gasteiger charge is -2.13. The third-order valence-corrected chi connectivity index (χ3v) is 4.41. The molecule has 0 aliphatic carbocycles. The van der Waals surface area contributed by atoms with E-state index in [-0.39, 0.29) is 24.8 Å². The SMILES string of the molecule is CCOc1ccc(Oc2ccccc2NC(=O)CCNC(=O)Cc2ccccc2)cc1. The number of carbonyl (C=O) groups excluding carboxylic acids is 2. The molecule has 6 heteroatoms. The lowest BCUT2D eigenvalue weighted by Crippen LogP contribution is -2.28. The van der Waals surface area contributed by atoms with Crippen LogP contribution in [0.5, 0.6) is 17.2 Å². The Morgan fingerprint density at radius 2 is 1.48 bits per heavy atom. The summed E-state index contributed by atoms with van der Waals surface area (Å²) in [5.74, 6) is 1.62. The second-order valence-corrected chi connectivity index (χ2v) is 6.81. The van der Waals surface area contributed by atoms with E-state index in [4.69, 9.17) is 9.47 Å². The minimum atomic E-state index is -0.206. The first kappa shape index (κ1) is 21.9. The summed E-state index contributed by atoms with van der Waals surface area (Å²) in [5, 5.41) is 5.62. The van der Waals surface area contributed by atoms with E-state index < -0.39 is 0 Å². The zero-order valence-corrected chi connectivity index (χ0v) is 17.5. The highest BCUT2D eigenvalue weighted by molar-refractivity contribution is 5.92. The van der Waals surface area contributed by atoms with Gasteiger partial charge < -0.3 is 20.1 Å². The van der Waals surface area contributed by atoms with Crippen LogP contribution in [0.1, 0.15) is 18.9 Å². The summed E-state index contributed by atoms with van der Waals surface area (Å²) < 4.78 is 11.3. The van der Waals surface area contributed by atoms with E-state index >= 15 is 0 Å². The average molecular weight is 418 g/mol. The van der Waals surface area contributed by atoms with E-state index in [9.17, 15) is 9.59 Å². The molecule has 3 aromatic rings. The van der Waals surface area contributed by atoms with Gasteiger partial charge in [-0.15, -0.1) is 0 Å². The van der Waals surface area contributed by atoms with Crippen LogP contribution < -0.4 is 20.1 Å². The summed E-state index contributed by atoms with van der Waals surface area (Å²) in [5.41, 5.74) is 1.50. The van der Waals surface area contributed by atoms with Crippen molar-refractivity contribution in [2.45, 2.75) is 19.8 Å². The van der Waals surface area contributed by atoms with Gasteiger partial charge in [-0.2, -0.15) is 0 Å². The molecule has 0 fully saturated rings. The summed E-state index contributed by atoms with van der Waals surface area (Å²) in [6.07, 6.45) is 0.457. The standard InChI is InChI=1S/C25H26N2O4/c1-2-30-20-12-14-21(15-13-20)31-23-11-7-6-10-22(23)27-24(28)16-17-26-25(29)18-19-8-4-3-5-9-19/h3-15H,2,16-18H2,1H3,(H,26,29)(H,27,28). The van der Waals surface area contributed by atoms with Gasteiger partial charge in [0.25, 0.3) is 0 Å². The number of ether oxygens (including phenoxy) is 2. The minimum Gasteiger partial charge on any atom is -0.494 e. The third-order valence-electron chi connectivity index (χ3n) is 4.41. The first-order valence-corrected chi connectivity index (χ1v) is 10.2. The first-order valence-electron chi connectivity index (χ1n) is 10.2. The van der Waals surface area contributed by atoms with Crippen LogP contribution in [0, 0.1) is 0 Å². The Hall–Kier alpha value is -3.80. The number of para-hydroxylation sites is 2. The lowest BCUT2D eigenvalue weighted by atomic mass is 10.1. The molecule has 2 amide bonds. The van der Waals surface area contributed by atoms with Gasteiger partial charge in [-0.05, 0) is 48.9 Å². The number of hydrogen-bond acceptors (Lipinski definition) is 4. The van der Waals surface area contributed by atoms with Gasteiger partial charge in [0.15, 0.2) is 5.75 Å². The molecule has 0 saturated carbocycles. The number of nitrogens with one attached hydrogen (secondary N) is 2. The zero-order valence-electron chi connectivity index (χ0n) is 17.5. The van der Waals surface area contributed by atoms with Gasteiger partial charge in [0.1, 0.15) is 11.5 Å². The maximum Gasteiger partial charge on any atom is 0.226 e. The number of hydrogen-bond donors (Lipinski definition) is 2. The zero-order chi connectivity index (χ0) is 21.9. The highest BCUT2D eigenvalue weighted by atomic mass is 16.5. The summed E-state index contributed by atoms with van der Waals surface area (Å²) in [7, 11) is 0. The fraction of sp³-hybridized carbons (Fsp3) is 0.200. The maximum atomic E-state index is 12.3. The van der Waals surface area contributed by atoms with Crippen LogP contribution in [0.25, 0.3) is 0 Å². The third kappa shape index (κ3) is 7.19. The number of amides is 2. The number of benzene rings is 3. The van der Waals surface area contributed by atoms with Crippen LogP contribution in [0.2, 0.25) is 0 Å². The summed E-state index contributed by atoms with van der Waals surface area (Å²) >= 11 is 0. The van der Waals surface area contributed by atoms with Crippen molar-refractivity contribution in [3.8, 4) is 17.2 Å². The number of rotatable bonds is 10. The number of anilines is 1. The monoisotopic (exact) mass is 418 g/mol. The minimum absolute atomic E-state index is 0.113. The van der Waals surface area contributed by atoms with E-state index in [0.29, 0.717) is 30.2 Å². The fourth-order valence-electron chi connectivity index (χ4n) is 2.93. The molecule has 0 aromatic heterocycles. The van der Waals surface area contributed by atoms with Gasteiger partial charge >= 0.3 is 0 Å². The lowest BCUT2D eigenvalue weighted by molar-refractivity contribution is -0.120. The van der Waals surface area contributed by atoms with Crippen LogP contribution in [0.15, 0.2) is 78.9 Å². The van der Waals surface area contributed by atoms with Crippen molar-refractivity contribution < 1.29 is 19.1 Å². The van der Waals surface area contributed by atoms with Crippen molar-refractivity contribution in [3.63, 3.8) is 0 Å². The van der Waals surface area contributed by atoms with Crippen LogP contribution in [0.3, 0.4) is 0 Å². The smallest absolute Gasteiger partial charge is 0.226 e. The van der Waals surface area contributed by atoms with Gasteiger partial charge in [-0.1, -0.05) is 42.5 Å². The van der Waals surface area contributed by atoms with Crippen molar-refractivity contribution in [1.82, 2.24) is 5.32 Å². The predicted molar refractivity (Wildman–Crippen MR) is 121 cm³/mol. The molecule has 0 bridgehead atoms. The Kier molecular flexibility index (Phi) is 8.05. The quantitative estimate of drug-likeness (QED) is 0.506. The van der Waals surface area contributed by atoms with Crippen molar-refractivity contribution in [2.75, 3.05) is 18.5 Å². The van der Waals surface area contributed by atoms with E-state index in [2.05, 4.69) is 10.6 Å². The largest absolute Gasteiger partial charge is 0.494 e. The normalized spacial score (nSPS) is 10.2. The van der Waals surface area contributed by atoms with Gasteiger partial charge in [-0.3, -0.25) is 9.59 Å². The van der Waals surface area contributed by atoms with E-state index in [0.717, 1.165) is 11.3 Å². The van der Waals surface area contributed by atoms with Crippen molar-refractivity contribution in [3.05, 3.63) is 84.4 Å². The van der Waals surface area contributed by atoms with Gasteiger partial charge in [0.05, 0.1) is 18.7 Å². The molecule has 0 spiro atoms. The van der Waals surface area contributed by atoms with E-state index in [1.165, 1.54) is 0 Å². The highest BCUT2D eigenvalue weighted by Gasteiger charge is 2.10. The Morgan fingerprint density at radius 3 is 2.23 bits per heavy atom. The maximum absolute atomic E-state index is 12.3. The molecule has 31 heavy (non-hydrogen) atoms. The Bertz CT molecular complexity index is 988. The molecule has 3 aromatic carbocycles. The molecule has 6 nitrogen and oxygen atoms in total. The van der Waals surface area contributed by atoms with Crippen molar-refractivity contribution >= 4 is 17.5 Å². The highest BCUT2D eigenvalue weighted by Crippen LogP contribution is 2.30. The predicted octanol–water partition coefficient (Wildman–Crippen LogP) is 4.57. The van der Waals surface area contributed by atoms with Crippen molar-refractivity contribution in [1.29, 1.82) is 0 Å². The van der Waals surface area contributed by atoms with Crippen LogP contribution in [-0.2, 0) is 16.0 Å². The molecule has 0 radical (unpaired) electrons.